The summed E-state index contributed by atoms with van der Waals surface area (Å²) in [5, 5.41) is 3.80. The molecule has 0 spiro atoms. The molecule has 19 heavy (non-hydrogen) atoms. The molecule has 2 aliphatic rings. The van der Waals surface area contributed by atoms with Crippen LogP contribution >= 0.6 is 0 Å². The molecule has 2 fully saturated rings. The lowest BCUT2D eigenvalue weighted by Crippen LogP contribution is -2.53. The Hall–Kier alpha value is -0.0800. The number of hydrogen-bond donors (Lipinski definition) is 1. The molecule has 112 valence electrons. The first kappa shape index (κ1) is 15.3. The van der Waals surface area contributed by atoms with Crippen LogP contribution < -0.4 is 5.32 Å². The van der Waals surface area contributed by atoms with Crippen molar-refractivity contribution in [3.05, 3.63) is 0 Å². The molecule has 2 rings (SSSR count). The van der Waals surface area contributed by atoms with Crippen LogP contribution in [0.5, 0.6) is 0 Å². The van der Waals surface area contributed by atoms with Gasteiger partial charge in [0.15, 0.2) is 0 Å². The Balaban J connectivity index is 1.93. The Morgan fingerprint density at radius 1 is 1.16 bits per heavy atom. The molecule has 0 amide bonds. The van der Waals surface area contributed by atoms with Gasteiger partial charge in [0.1, 0.15) is 0 Å². The summed E-state index contributed by atoms with van der Waals surface area (Å²) < 4.78 is 0. The van der Waals surface area contributed by atoms with Gasteiger partial charge in [-0.2, -0.15) is 0 Å². The van der Waals surface area contributed by atoms with E-state index in [1.54, 1.807) is 0 Å². The van der Waals surface area contributed by atoms with E-state index in [1.807, 2.05) is 0 Å². The van der Waals surface area contributed by atoms with Crippen molar-refractivity contribution in [2.75, 3.05) is 26.2 Å². The van der Waals surface area contributed by atoms with Gasteiger partial charge in [0, 0.05) is 12.6 Å². The summed E-state index contributed by atoms with van der Waals surface area (Å²) in [4.78, 5) is 2.73. The number of hydrogen-bond acceptors (Lipinski definition) is 2. The van der Waals surface area contributed by atoms with E-state index in [-0.39, 0.29) is 0 Å². The van der Waals surface area contributed by atoms with Gasteiger partial charge in [0.2, 0.25) is 0 Å². The second-order valence-electron chi connectivity index (χ2n) is 7.66. The second-order valence-corrected chi connectivity index (χ2v) is 7.66. The van der Waals surface area contributed by atoms with Crippen molar-refractivity contribution < 1.29 is 0 Å². The Kier molecular flexibility index (Phi) is 5.30. The summed E-state index contributed by atoms with van der Waals surface area (Å²) in [6.07, 6.45) is 7.04. The first-order chi connectivity index (χ1) is 9.03. The van der Waals surface area contributed by atoms with Gasteiger partial charge in [-0.1, -0.05) is 34.1 Å². The predicted molar refractivity (Wildman–Crippen MR) is 83.4 cm³/mol. The van der Waals surface area contributed by atoms with E-state index >= 15 is 0 Å². The summed E-state index contributed by atoms with van der Waals surface area (Å²) in [5.41, 5.74) is 0.474. The molecule has 2 heteroatoms. The Labute approximate surface area is 120 Å². The van der Waals surface area contributed by atoms with E-state index in [0.717, 1.165) is 18.4 Å². The molecule has 0 aromatic rings. The minimum atomic E-state index is 0.474. The van der Waals surface area contributed by atoms with E-state index in [2.05, 4.69) is 37.9 Å². The molecule has 1 heterocycles. The third-order valence-corrected chi connectivity index (χ3v) is 5.50. The quantitative estimate of drug-likeness (QED) is 0.837. The summed E-state index contributed by atoms with van der Waals surface area (Å²) >= 11 is 0. The molecular weight excluding hydrogens is 232 g/mol. The summed E-state index contributed by atoms with van der Waals surface area (Å²) in [7, 11) is 0. The van der Waals surface area contributed by atoms with E-state index in [9.17, 15) is 0 Å². The van der Waals surface area contributed by atoms with Gasteiger partial charge in [-0.3, -0.25) is 0 Å². The lowest BCUT2D eigenvalue weighted by Gasteiger charge is -2.46. The highest BCUT2D eigenvalue weighted by Crippen LogP contribution is 2.39. The van der Waals surface area contributed by atoms with Crippen LogP contribution in [0.3, 0.4) is 0 Å². The average molecular weight is 266 g/mol. The van der Waals surface area contributed by atoms with Gasteiger partial charge in [-0.15, -0.1) is 0 Å². The molecule has 2 unspecified atom stereocenters. The summed E-state index contributed by atoms with van der Waals surface area (Å²) in [6, 6.07) is 0.714. The lowest BCUT2D eigenvalue weighted by atomic mass is 9.67. The summed E-state index contributed by atoms with van der Waals surface area (Å²) in [6.45, 7) is 14.7. The van der Waals surface area contributed by atoms with Crippen LogP contribution in [0.2, 0.25) is 0 Å². The first-order valence-corrected chi connectivity index (χ1v) is 8.48. The number of rotatable bonds is 4. The van der Waals surface area contributed by atoms with Crippen molar-refractivity contribution in [2.24, 2.45) is 17.3 Å². The number of nitrogens with one attached hydrogen (secondary N) is 1. The van der Waals surface area contributed by atoms with Crippen LogP contribution in [0.1, 0.15) is 59.8 Å². The van der Waals surface area contributed by atoms with Crippen LogP contribution in [-0.4, -0.2) is 37.1 Å². The van der Waals surface area contributed by atoms with Gasteiger partial charge in [0.25, 0.3) is 0 Å². The van der Waals surface area contributed by atoms with Gasteiger partial charge < -0.3 is 10.2 Å². The van der Waals surface area contributed by atoms with Crippen LogP contribution in [0, 0.1) is 17.3 Å². The molecule has 1 saturated carbocycles. The highest BCUT2D eigenvalue weighted by atomic mass is 15.1. The highest BCUT2D eigenvalue weighted by molar-refractivity contribution is 4.94. The van der Waals surface area contributed by atoms with Crippen molar-refractivity contribution in [3.8, 4) is 0 Å². The Morgan fingerprint density at radius 3 is 2.47 bits per heavy atom. The largest absolute Gasteiger partial charge is 0.313 e. The van der Waals surface area contributed by atoms with Gasteiger partial charge in [-0.05, 0) is 62.6 Å². The van der Waals surface area contributed by atoms with Crippen LogP contribution in [0.4, 0.5) is 0 Å². The molecule has 1 aliphatic carbocycles. The van der Waals surface area contributed by atoms with Crippen molar-refractivity contribution in [3.63, 3.8) is 0 Å². The van der Waals surface area contributed by atoms with Crippen LogP contribution in [0.15, 0.2) is 0 Å². The molecule has 1 saturated heterocycles. The highest BCUT2D eigenvalue weighted by Gasteiger charge is 2.39. The molecule has 0 radical (unpaired) electrons. The third kappa shape index (κ3) is 3.95. The van der Waals surface area contributed by atoms with Crippen molar-refractivity contribution in [1.82, 2.24) is 10.2 Å². The monoisotopic (exact) mass is 266 g/mol. The Morgan fingerprint density at radius 2 is 1.84 bits per heavy atom. The van der Waals surface area contributed by atoms with Crippen molar-refractivity contribution >= 4 is 0 Å². The van der Waals surface area contributed by atoms with Crippen molar-refractivity contribution in [1.29, 1.82) is 0 Å². The maximum Gasteiger partial charge on any atom is 0.0159 e. The van der Waals surface area contributed by atoms with E-state index in [4.69, 9.17) is 0 Å². The molecule has 1 aliphatic heterocycles. The SMILES string of the molecule is CCNC1C(CN2CCC(C)CC2)CCCC1(C)C. The normalized spacial score (nSPS) is 33.5. The van der Waals surface area contributed by atoms with Crippen LogP contribution in [-0.2, 0) is 0 Å². The lowest BCUT2D eigenvalue weighted by molar-refractivity contribution is 0.0687. The van der Waals surface area contributed by atoms with Gasteiger partial charge in [0.05, 0.1) is 0 Å². The minimum absolute atomic E-state index is 0.474. The molecule has 2 atom stereocenters. The fourth-order valence-electron chi connectivity index (χ4n) is 4.22. The molecule has 0 aromatic heterocycles. The third-order valence-electron chi connectivity index (χ3n) is 5.50. The zero-order chi connectivity index (χ0) is 13.9. The maximum atomic E-state index is 3.80. The number of nitrogens with zero attached hydrogens (tertiary/aromatic N) is 1. The van der Waals surface area contributed by atoms with Crippen molar-refractivity contribution in [2.45, 2.75) is 65.8 Å². The Bertz CT molecular complexity index is 266. The molecular formula is C17H34N2. The molecule has 1 N–H and O–H groups in total. The van der Waals surface area contributed by atoms with E-state index in [0.29, 0.717) is 11.5 Å². The molecule has 2 nitrogen and oxygen atoms in total. The number of piperidine rings is 1. The van der Waals surface area contributed by atoms with Gasteiger partial charge >= 0.3 is 0 Å². The second kappa shape index (κ2) is 6.58. The van der Waals surface area contributed by atoms with Crippen LogP contribution in [0.25, 0.3) is 0 Å². The van der Waals surface area contributed by atoms with E-state index in [1.165, 1.54) is 51.7 Å². The number of likely N-dealkylation sites (tertiary alicyclic amines) is 1. The smallest absolute Gasteiger partial charge is 0.0159 e. The zero-order valence-corrected chi connectivity index (χ0v) is 13.5. The average Bonchev–Trinajstić information content (AvgIpc) is 2.36. The zero-order valence-electron chi connectivity index (χ0n) is 13.5. The standard InChI is InChI=1S/C17H34N2/c1-5-18-16-15(7-6-10-17(16,3)4)13-19-11-8-14(2)9-12-19/h14-16,18H,5-13H2,1-4H3. The summed E-state index contributed by atoms with van der Waals surface area (Å²) in [5.74, 6) is 1.81. The topological polar surface area (TPSA) is 15.3 Å². The van der Waals surface area contributed by atoms with Gasteiger partial charge in [-0.25, -0.2) is 0 Å². The predicted octanol–water partition coefficient (Wildman–Crippen LogP) is 3.52. The molecule has 0 aromatic carbocycles. The molecule has 0 bridgehead atoms. The maximum absolute atomic E-state index is 3.80. The first-order valence-electron chi connectivity index (χ1n) is 8.48. The van der Waals surface area contributed by atoms with E-state index < -0.39 is 0 Å². The minimum Gasteiger partial charge on any atom is -0.313 e. The fourth-order valence-corrected chi connectivity index (χ4v) is 4.22. The fraction of sp³-hybridized carbons (Fsp3) is 1.00.